The number of aromatic nitrogens is 2. The molecule has 3 rings (SSSR count). The van der Waals surface area contributed by atoms with E-state index in [0.29, 0.717) is 0 Å². The van der Waals surface area contributed by atoms with Gasteiger partial charge in [0.05, 0.1) is 16.9 Å². The molecule has 0 unspecified atom stereocenters. The van der Waals surface area contributed by atoms with Crippen molar-refractivity contribution < 1.29 is 0 Å². The zero-order valence-corrected chi connectivity index (χ0v) is 10.3. The van der Waals surface area contributed by atoms with Gasteiger partial charge in [0.2, 0.25) is 0 Å². The number of H-pyrrole nitrogens is 1. The van der Waals surface area contributed by atoms with Crippen molar-refractivity contribution in [3.63, 3.8) is 0 Å². The van der Waals surface area contributed by atoms with Crippen LogP contribution in [0.4, 0.5) is 0 Å². The van der Waals surface area contributed by atoms with Crippen LogP contribution < -0.4 is 5.73 Å². The Kier molecular flexibility index (Phi) is 2.16. The summed E-state index contributed by atoms with van der Waals surface area (Å²) in [6.45, 7) is 0. The van der Waals surface area contributed by atoms with Gasteiger partial charge in [-0.25, -0.2) is 0 Å². The summed E-state index contributed by atoms with van der Waals surface area (Å²) in [6, 6.07) is 10.1. The van der Waals surface area contributed by atoms with Crippen molar-refractivity contribution in [2.45, 2.75) is 18.4 Å². The standard InChI is InChI=1S/C12H12BrN3/c13-9-3-1-2-8(6-9)10-7-11(16-15-10)12(14)4-5-12/h1-3,6-7H,4-5,14H2,(H,15,16). The van der Waals surface area contributed by atoms with Gasteiger partial charge in [-0.3, -0.25) is 5.10 Å². The molecule has 0 radical (unpaired) electrons. The SMILES string of the molecule is NC1(c2cc(-c3cccc(Br)c3)n[nH]2)CC1. The summed E-state index contributed by atoms with van der Waals surface area (Å²) in [6.07, 6.45) is 2.10. The van der Waals surface area contributed by atoms with Crippen molar-refractivity contribution in [1.29, 1.82) is 0 Å². The molecule has 0 bridgehead atoms. The van der Waals surface area contributed by atoms with E-state index in [0.717, 1.165) is 34.3 Å². The lowest BCUT2D eigenvalue weighted by atomic mass is 10.1. The summed E-state index contributed by atoms with van der Waals surface area (Å²) in [5.74, 6) is 0. The molecule has 0 saturated heterocycles. The van der Waals surface area contributed by atoms with Crippen LogP contribution in [0.2, 0.25) is 0 Å². The number of hydrogen-bond donors (Lipinski definition) is 2. The van der Waals surface area contributed by atoms with E-state index in [1.165, 1.54) is 0 Å². The van der Waals surface area contributed by atoms with Crippen molar-refractivity contribution in [2.24, 2.45) is 5.73 Å². The third kappa shape index (κ3) is 1.68. The van der Waals surface area contributed by atoms with E-state index in [1.807, 2.05) is 18.2 Å². The summed E-state index contributed by atoms with van der Waals surface area (Å²) in [7, 11) is 0. The van der Waals surface area contributed by atoms with Crippen LogP contribution in [0.15, 0.2) is 34.8 Å². The van der Waals surface area contributed by atoms with Gasteiger partial charge < -0.3 is 5.73 Å². The van der Waals surface area contributed by atoms with E-state index in [1.54, 1.807) is 0 Å². The van der Waals surface area contributed by atoms with E-state index in [2.05, 4.69) is 38.3 Å². The predicted octanol–water partition coefficient (Wildman–Crippen LogP) is 2.79. The first-order chi connectivity index (χ1) is 7.67. The predicted molar refractivity (Wildman–Crippen MR) is 66.8 cm³/mol. The molecule has 1 fully saturated rings. The number of nitrogens with zero attached hydrogens (tertiary/aromatic N) is 1. The maximum atomic E-state index is 6.11. The minimum Gasteiger partial charge on any atom is -0.320 e. The minimum atomic E-state index is -0.142. The number of nitrogens with one attached hydrogen (secondary N) is 1. The van der Waals surface area contributed by atoms with Gasteiger partial charge in [0.1, 0.15) is 0 Å². The van der Waals surface area contributed by atoms with Gasteiger partial charge in [-0.1, -0.05) is 28.1 Å². The summed E-state index contributed by atoms with van der Waals surface area (Å²) in [4.78, 5) is 0. The van der Waals surface area contributed by atoms with Crippen LogP contribution in [0.3, 0.4) is 0 Å². The highest BCUT2D eigenvalue weighted by Crippen LogP contribution is 2.42. The van der Waals surface area contributed by atoms with Crippen molar-refractivity contribution in [2.75, 3.05) is 0 Å². The zero-order valence-electron chi connectivity index (χ0n) is 8.70. The van der Waals surface area contributed by atoms with E-state index >= 15 is 0 Å². The Morgan fingerprint density at radius 2 is 2.12 bits per heavy atom. The molecule has 1 aromatic carbocycles. The smallest absolute Gasteiger partial charge is 0.0924 e. The van der Waals surface area contributed by atoms with E-state index in [-0.39, 0.29) is 5.54 Å². The fourth-order valence-electron chi connectivity index (χ4n) is 1.78. The highest BCUT2D eigenvalue weighted by Gasteiger charge is 2.41. The van der Waals surface area contributed by atoms with Crippen LogP contribution in [-0.4, -0.2) is 10.2 Å². The Hall–Kier alpha value is -1.13. The molecule has 1 aromatic heterocycles. The molecule has 0 atom stereocenters. The van der Waals surface area contributed by atoms with Crippen LogP contribution >= 0.6 is 15.9 Å². The van der Waals surface area contributed by atoms with Crippen molar-refractivity contribution >= 4 is 15.9 Å². The molecular formula is C12H12BrN3. The van der Waals surface area contributed by atoms with Gasteiger partial charge in [-0.2, -0.15) is 5.10 Å². The van der Waals surface area contributed by atoms with Crippen molar-refractivity contribution in [3.8, 4) is 11.3 Å². The average Bonchev–Trinajstić information content (AvgIpc) is 2.83. The van der Waals surface area contributed by atoms with E-state index in [9.17, 15) is 0 Å². The van der Waals surface area contributed by atoms with Crippen LogP contribution in [0.1, 0.15) is 18.5 Å². The first-order valence-electron chi connectivity index (χ1n) is 5.28. The molecule has 3 nitrogen and oxygen atoms in total. The van der Waals surface area contributed by atoms with Gasteiger partial charge in [-0.15, -0.1) is 0 Å². The highest BCUT2D eigenvalue weighted by atomic mass is 79.9. The second kappa shape index (κ2) is 3.43. The number of nitrogens with two attached hydrogens (primary N) is 1. The molecule has 16 heavy (non-hydrogen) atoms. The lowest BCUT2D eigenvalue weighted by Gasteiger charge is -2.02. The van der Waals surface area contributed by atoms with E-state index < -0.39 is 0 Å². The molecule has 1 aliphatic carbocycles. The van der Waals surface area contributed by atoms with Gasteiger partial charge in [0, 0.05) is 10.0 Å². The second-order valence-corrected chi connectivity index (χ2v) is 5.25. The molecule has 2 aromatic rings. The second-order valence-electron chi connectivity index (χ2n) is 4.33. The third-order valence-electron chi connectivity index (χ3n) is 3.02. The van der Waals surface area contributed by atoms with Crippen LogP contribution in [-0.2, 0) is 5.54 Å². The number of halogens is 1. The Morgan fingerprint density at radius 1 is 1.31 bits per heavy atom. The van der Waals surface area contributed by atoms with Crippen LogP contribution in [0.5, 0.6) is 0 Å². The first kappa shape index (κ1) is 10.1. The Labute approximate surface area is 102 Å². The summed E-state index contributed by atoms with van der Waals surface area (Å²) < 4.78 is 1.06. The lowest BCUT2D eigenvalue weighted by molar-refractivity contribution is 0.702. The fraction of sp³-hybridized carbons (Fsp3) is 0.250. The van der Waals surface area contributed by atoms with Gasteiger partial charge >= 0.3 is 0 Å². The van der Waals surface area contributed by atoms with Crippen molar-refractivity contribution in [3.05, 3.63) is 40.5 Å². The molecule has 0 aliphatic heterocycles. The summed E-state index contributed by atoms with van der Waals surface area (Å²) >= 11 is 3.46. The average molecular weight is 278 g/mol. The van der Waals surface area contributed by atoms with Crippen molar-refractivity contribution in [1.82, 2.24) is 10.2 Å². The Bertz CT molecular complexity index is 529. The molecular weight excluding hydrogens is 266 g/mol. The molecule has 1 heterocycles. The normalized spacial score (nSPS) is 17.4. The lowest BCUT2D eigenvalue weighted by Crippen LogP contribution is -2.18. The molecule has 0 amide bonds. The molecule has 82 valence electrons. The molecule has 3 N–H and O–H groups in total. The summed E-state index contributed by atoms with van der Waals surface area (Å²) in [5.41, 5.74) is 9.06. The van der Waals surface area contributed by atoms with Gasteiger partial charge in [-0.05, 0) is 31.0 Å². The first-order valence-corrected chi connectivity index (χ1v) is 6.07. The van der Waals surface area contributed by atoms with Crippen LogP contribution in [0, 0.1) is 0 Å². The molecule has 1 saturated carbocycles. The topological polar surface area (TPSA) is 54.7 Å². The maximum absolute atomic E-state index is 6.11. The fourth-order valence-corrected chi connectivity index (χ4v) is 2.18. The number of rotatable bonds is 2. The monoisotopic (exact) mass is 277 g/mol. The van der Waals surface area contributed by atoms with Gasteiger partial charge in [0.15, 0.2) is 0 Å². The van der Waals surface area contributed by atoms with E-state index in [4.69, 9.17) is 5.73 Å². The third-order valence-corrected chi connectivity index (χ3v) is 3.52. The summed E-state index contributed by atoms with van der Waals surface area (Å²) in [5, 5.41) is 7.34. The highest BCUT2D eigenvalue weighted by molar-refractivity contribution is 9.10. The zero-order chi connectivity index (χ0) is 11.2. The Morgan fingerprint density at radius 3 is 2.81 bits per heavy atom. The van der Waals surface area contributed by atoms with Crippen LogP contribution in [0.25, 0.3) is 11.3 Å². The quantitative estimate of drug-likeness (QED) is 0.887. The Balaban J connectivity index is 1.98. The molecule has 0 spiro atoms. The maximum Gasteiger partial charge on any atom is 0.0924 e. The number of aromatic amines is 1. The van der Waals surface area contributed by atoms with Gasteiger partial charge in [0.25, 0.3) is 0 Å². The minimum absolute atomic E-state index is 0.142. The number of benzene rings is 1. The largest absolute Gasteiger partial charge is 0.320 e. The molecule has 1 aliphatic rings. The molecule has 4 heteroatoms. The number of hydrogen-bond acceptors (Lipinski definition) is 2.